The van der Waals surface area contributed by atoms with Crippen LogP contribution >= 0.6 is 0 Å². The minimum absolute atomic E-state index is 0.0576. The molecule has 1 heterocycles. The van der Waals surface area contributed by atoms with Crippen molar-refractivity contribution in [3.05, 3.63) is 18.3 Å². The molecule has 0 amide bonds. The minimum Gasteiger partial charge on any atom is -0.383 e. The highest BCUT2D eigenvalue weighted by atomic mass is 32.2. The monoisotopic (exact) mass is 286 g/mol. The van der Waals surface area contributed by atoms with Crippen LogP contribution in [0.2, 0.25) is 0 Å². The van der Waals surface area contributed by atoms with E-state index in [1.165, 1.54) is 6.20 Å². The highest BCUT2D eigenvalue weighted by Gasteiger charge is 2.19. The second kappa shape index (κ2) is 7.42. The van der Waals surface area contributed by atoms with Gasteiger partial charge in [0, 0.05) is 25.8 Å². The number of anilines is 1. The summed E-state index contributed by atoms with van der Waals surface area (Å²) in [6.45, 7) is 3.74. The van der Waals surface area contributed by atoms with Crippen LogP contribution in [-0.4, -0.2) is 52.0 Å². The normalized spacial score (nSPS) is 11.8. The summed E-state index contributed by atoms with van der Waals surface area (Å²) in [5.74, 6) is 0. The van der Waals surface area contributed by atoms with Gasteiger partial charge in [-0.05, 0) is 32.6 Å². The Bertz CT molecular complexity index is 488. The van der Waals surface area contributed by atoms with Gasteiger partial charge in [-0.2, -0.15) is 0 Å². The van der Waals surface area contributed by atoms with E-state index in [0.29, 0.717) is 25.3 Å². The number of rotatable bonds is 8. The topological polar surface area (TPSA) is 74.3 Å². The van der Waals surface area contributed by atoms with Crippen molar-refractivity contribution in [2.75, 3.05) is 39.0 Å². The van der Waals surface area contributed by atoms with Gasteiger partial charge in [0.05, 0.1) is 5.69 Å². The lowest BCUT2D eigenvalue weighted by Crippen LogP contribution is -2.32. The number of sulfonamides is 1. The number of nitrogens with one attached hydrogen (secondary N) is 2. The Morgan fingerprint density at radius 3 is 2.68 bits per heavy atom. The fraction of sp³-hybridized carbons (Fsp3) is 0.583. The van der Waals surface area contributed by atoms with Gasteiger partial charge in [-0.1, -0.05) is 6.92 Å². The second-order valence-electron chi connectivity index (χ2n) is 4.48. The third-order valence-corrected chi connectivity index (χ3v) is 3.86. The SMILES string of the molecule is CCCNc1cccnc1S(=O)(=O)NCCN(C)C. The van der Waals surface area contributed by atoms with Gasteiger partial charge < -0.3 is 10.2 Å². The lowest BCUT2D eigenvalue weighted by molar-refractivity contribution is 0.412. The molecule has 0 atom stereocenters. The van der Waals surface area contributed by atoms with E-state index < -0.39 is 10.0 Å². The number of pyridine rings is 1. The number of nitrogens with zero attached hydrogens (tertiary/aromatic N) is 2. The first kappa shape index (κ1) is 15.9. The fourth-order valence-corrected chi connectivity index (χ4v) is 2.60. The number of hydrogen-bond acceptors (Lipinski definition) is 5. The molecule has 0 aromatic carbocycles. The molecule has 0 aliphatic carbocycles. The van der Waals surface area contributed by atoms with Crippen LogP contribution in [0.25, 0.3) is 0 Å². The van der Waals surface area contributed by atoms with E-state index in [-0.39, 0.29) is 5.03 Å². The van der Waals surface area contributed by atoms with Gasteiger partial charge in [0.2, 0.25) is 0 Å². The first-order valence-electron chi connectivity index (χ1n) is 6.30. The Morgan fingerprint density at radius 1 is 1.32 bits per heavy atom. The van der Waals surface area contributed by atoms with Gasteiger partial charge in [0.1, 0.15) is 0 Å². The molecule has 0 saturated heterocycles. The maximum atomic E-state index is 12.2. The smallest absolute Gasteiger partial charge is 0.260 e. The van der Waals surface area contributed by atoms with Crippen LogP contribution in [0.1, 0.15) is 13.3 Å². The van der Waals surface area contributed by atoms with E-state index in [2.05, 4.69) is 15.0 Å². The Kier molecular flexibility index (Phi) is 6.20. The second-order valence-corrected chi connectivity index (χ2v) is 6.17. The molecular formula is C12H22N4O2S. The van der Waals surface area contributed by atoms with Crippen molar-refractivity contribution in [3.63, 3.8) is 0 Å². The Morgan fingerprint density at radius 2 is 2.05 bits per heavy atom. The minimum atomic E-state index is -3.57. The molecule has 6 nitrogen and oxygen atoms in total. The molecular weight excluding hydrogens is 264 g/mol. The van der Waals surface area contributed by atoms with Crippen molar-refractivity contribution in [2.45, 2.75) is 18.4 Å². The summed E-state index contributed by atoms with van der Waals surface area (Å²) in [5.41, 5.74) is 0.543. The van der Waals surface area contributed by atoms with E-state index in [1.807, 2.05) is 25.9 Å². The molecule has 1 aromatic rings. The zero-order valence-corrected chi connectivity index (χ0v) is 12.5. The van der Waals surface area contributed by atoms with Crippen LogP contribution in [0.5, 0.6) is 0 Å². The molecule has 7 heteroatoms. The molecule has 0 spiro atoms. The average molecular weight is 286 g/mol. The molecule has 0 saturated carbocycles. The summed E-state index contributed by atoms with van der Waals surface area (Å²) in [4.78, 5) is 5.89. The third kappa shape index (κ3) is 5.14. The van der Waals surface area contributed by atoms with Crippen molar-refractivity contribution in [2.24, 2.45) is 0 Å². The van der Waals surface area contributed by atoms with Crippen LogP contribution < -0.4 is 10.0 Å². The average Bonchev–Trinajstić information content (AvgIpc) is 2.36. The van der Waals surface area contributed by atoms with E-state index in [9.17, 15) is 8.42 Å². The molecule has 0 fully saturated rings. The van der Waals surface area contributed by atoms with Crippen molar-refractivity contribution < 1.29 is 8.42 Å². The molecule has 0 bridgehead atoms. The molecule has 0 unspecified atom stereocenters. The van der Waals surface area contributed by atoms with Crippen molar-refractivity contribution >= 4 is 15.7 Å². The Labute approximate surface area is 115 Å². The highest BCUT2D eigenvalue weighted by Crippen LogP contribution is 2.17. The van der Waals surface area contributed by atoms with E-state index in [0.717, 1.165) is 6.42 Å². The largest absolute Gasteiger partial charge is 0.383 e. The predicted molar refractivity (Wildman–Crippen MR) is 76.8 cm³/mol. The quantitative estimate of drug-likeness (QED) is 0.737. The Hall–Kier alpha value is -1.18. The van der Waals surface area contributed by atoms with Gasteiger partial charge in [-0.25, -0.2) is 18.1 Å². The first-order valence-corrected chi connectivity index (χ1v) is 7.79. The summed E-state index contributed by atoms with van der Waals surface area (Å²) >= 11 is 0. The molecule has 2 N–H and O–H groups in total. The number of hydrogen-bond donors (Lipinski definition) is 2. The van der Waals surface area contributed by atoms with E-state index in [4.69, 9.17) is 0 Å². The van der Waals surface area contributed by atoms with Crippen LogP contribution in [0.4, 0.5) is 5.69 Å². The zero-order chi connectivity index (χ0) is 14.3. The van der Waals surface area contributed by atoms with Crippen molar-refractivity contribution in [1.82, 2.24) is 14.6 Å². The molecule has 19 heavy (non-hydrogen) atoms. The van der Waals surface area contributed by atoms with E-state index in [1.54, 1.807) is 12.1 Å². The first-order chi connectivity index (χ1) is 8.97. The molecule has 1 aromatic heterocycles. The van der Waals surface area contributed by atoms with Gasteiger partial charge >= 0.3 is 0 Å². The van der Waals surface area contributed by atoms with Crippen molar-refractivity contribution in [3.8, 4) is 0 Å². The lowest BCUT2D eigenvalue weighted by atomic mass is 10.4. The summed E-state index contributed by atoms with van der Waals surface area (Å²) < 4.78 is 26.9. The van der Waals surface area contributed by atoms with Gasteiger partial charge in [-0.3, -0.25) is 0 Å². The number of likely N-dealkylation sites (N-methyl/N-ethyl adjacent to an activating group) is 1. The summed E-state index contributed by atoms with van der Waals surface area (Å²) in [7, 11) is 0.217. The van der Waals surface area contributed by atoms with Crippen LogP contribution in [0.15, 0.2) is 23.4 Å². The van der Waals surface area contributed by atoms with E-state index >= 15 is 0 Å². The maximum absolute atomic E-state index is 12.2. The van der Waals surface area contributed by atoms with Crippen LogP contribution in [0, 0.1) is 0 Å². The fourth-order valence-electron chi connectivity index (χ4n) is 1.47. The molecule has 0 aliphatic heterocycles. The number of aromatic nitrogens is 1. The van der Waals surface area contributed by atoms with Gasteiger partial charge in [0.15, 0.2) is 5.03 Å². The molecule has 108 valence electrons. The molecule has 0 aliphatic rings. The highest BCUT2D eigenvalue weighted by molar-refractivity contribution is 7.89. The van der Waals surface area contributed by atoms with Gasteiger partial charge in [-0.15, -0.1) is 0 Å². The third-order valence-electron chi connectivity index (χ3n) is 2.44. The zero-order valence-electron chi connectivity index (χ0n) is 11.7. The Balaban J connectivity index is 2.82. The van der Waals surface area contributed by atoms with Crippen LogP contribution in [0.3, 0.4) is 0 Å². The maximum Gasteiger partial charge on any atom is 0.260 e. The molecule has 0 radical (unpaired) electrons. The van der Waals surface area contributed by atoms with Gasteiger partial charge in [0.25, 0.3) is 10.0 Å². The summed E-state index contributed by atoms with van der Waals surface area (Å²) in [5, 5.41) is 3.13. The standard InChI is InChI=1S/C12H22N4O2S/c1-4-7-13-11-6-5-8-14-12(11)19(17,18)15-9-10-16(2)3/h5-6,8,13,15H,4,7,9-10H2,1-3H3. The summed E-state index contributed by atoms with van der Waals surface area (Å²) in [6.07, 6.45) is 2.40. The molecule has 1 rings (SSSR count). The van der Waals surface area contributed by atoms with Crippen molar-refractivity contribution in [1.29, 1.82) is 0 Å². The van der Waals surface area contributed by atoms with Crippen LogP contribution in [-0.2, 0) is 10.0 Å². The summed E-state index contributed by atoms with van der Waals surface area (Å²) in [6, 6.07) is 3.44. The predicted octanol–water partition coefficient (Wildman–Crippen LogP) is 0.743. The lowest BCUT2D eigenvalue weighted by Gasteiger charge is -2.13.